The molecule has 1 aliphatic heterocycles. The van der Waals surface area contributed by atoms with Gasteiger partial charge in [-0.05, 0) is 47.9 Å². The zero-order valence-corrected chi connectivity index (χ0v) is 19.5. The van der Waals surface area contributed by atoms with Crippen LogP contribution in [-0.4, -0.2) is 49.3 Å². The number of amides is 1. The molecular formula is C27H34N2O4. The molecular weight excluding hydrogens is 416 g/mol. The molecule has 33 heavy (non-hydrogen) atoms. The van der Waals surface area contributed by atoms with Crippen LogP contribution in [0.5, 0.6) is 11.5 Å². The average Bonchev–Trinajstić information content (AvgIpc) is 3.26. The van der Waals surface area contributed by atoms with Gasteiger partial charge in [-0.1, -0.05) is 43.2 Å². The van der Waals surface area contributed by atoms with E-state index in [1.54, 1.807) is 14.2 Å². The van der Waals surface area contributed by atoms with Gasteiger partial charge in [0.2, 0.25) is 0 Å². The fraction of sp³-hybridized carbons (Fsp3) is 0.519. The number of methoxy groups -OCH3 is 2. The van der Waals surface area contributed by atoms with Gasteiger partial charge in [0.1, 0.15) is 11.5 Å². The zero-order valence-electron chi connectivity index (χ0n) is 19.5. The molecule has 2 N–H and O–H groups in total. The lowest BCUT2D eigenvalue weighted by Crippen LogP contribution is -2.50. The fourth-order valence-electron chi connectivity index (χ4n) is 6.02. The largest absolute Gasteiger partial charge is 0.497 e. The van der Waals surface area contributed by atoms with E-state index in [4.69, 9.17) is 9.47 Å². The van der Waals surface area contributed by atoms with Crippen molar-refractivity contribution in [1.29, 1.82) is 0 Å². The van der Waals surface area contributed by atoms with Crippen molar-refractivity contribution >= 4 is 5.91 Å². The summed E-state index contributed by atoms with van der Waals surface area (Å²) in [6.07, 6.45) is 3.94. The van der Waals surface area contributed by atoms with Gasteiger partial charge >= 0.3 is 0 Å². The van der Waals surface area contributed by atoms with Crippen molar-refractivity contribution in [2.75, 3.05) is 27.3 Å². The molecule has 6 heteroatoms. The average molecular weight is 451 g/mol. The Hall–Kier alpha value is -2.57. The smallest absolute Gasteiger partial charge is 0.257 e. The van der Waals surface area contributed by atoms with E-state index in [-0.39, 0.29) is 17.9 Å². The minimum atomic E-state index is -1.44. The summed E-state index contributed by atoms with van der Waals surface area (Å²) in [6, 6.07) is 15.6. The van der Waals surface area contributed by atoms with Crippen molar-refractivity contribution < 1.29 is 19.4 Å². The van der Waals surface area contributed by atoms with Crippen molar-refractivity contribution in [3.63, 3.8) is 0 Å². The van der Waals surface area contributed by atoms with E-state index in [0.29, 0.717) is 17.4 Å². The molecule has 2 unspecified atom stereocenters. The Kier molecular flexibility index (Phi) is 6.06. The van der Waals surface area contributed by atoms with Gasteiger partial charge in [-0.25, -0.2) is 0 Å². The molecule has 176 valence electrons. The lowest BCUT2D eigenvalue weighted by atomic mass is 9.79. The zero-order chi connectivity index (χ0) is 23.0. The SMILES string of the molecule is COc1cc(CN2CC3[C@H](C2)[C@H]3NC(=O)C(O)(c2ccccc2)C2CCCC2)cc(OC)c1. The summed E-state index contributed by atoms with van der Waals surface area (Å²) in [4.78, 5) is 15.9. The summed E-state index contributed by atoms with van der Waals surface area (Å²) < 4.78 is 10.8. The van der Waals surface area contributed by atoms with Crippen LogP contribution in [0.25, 0.3) is 0 Å². The maximum atomic E-state index is 13.4. The number of likely N-dealkylation sites (tertiary alicyclic amines) is 1. The molecule has 2 aromatic carbocycles. The number of carbonyl (C=O) groups excluding carboxylic acids is 1. The van der Waals surface area contributed by atoms with Crippen molar-refractivity contribution in [2.45, 2.75) is 43.9 Å². The number of nitrogens with zero attached hydrogens (tertiary/aromatic N) is 1. The van der Waals surface area contributed by atoms with E-state index in [0.717, 1.165) is 62.4 Å². The summed E-state index contributed by atoms with van der Waals surface area (Å²) >= 11 is 0. The standard InChI is InChI=1S/C27H34N2O4/c1-32-21-12-18(13-22(14-21)33-2)15-29-16-23-24(17-29)25(23)28-26(30)27(31,20-10-6-7-11-20)19-8-4-3-5-9-19/h3-5,8-9,12-14,20,23-25,31H,6-7,10-11,15-17H2,1-2H3,(H,28,30)/t23-,24?,25+,27?/m0/s1. The number of rotatable bonds is 8. The van der Waals surface area contributed by atoms with Crippen LogP contribution < -0.4 is 14.8 Å². The van der Waals surface area contributed by atoms with Gasteiger partial charge in [0.15, 0.2) is 5.60 Å². The molecule has 0 radical (unpaired) electrons. The van der Waals surface area contributed by atoms with Gasteiger partial charge in [0, 0.05) is 37.7 Å². The van der Waals surface area contributed by atoms with E-state index in [1.165, 1.54) is 0 Å². The predicted molar refractivity (Wildman–Crippen MR) is 126 cm³/mol. The summed E-state index contributed by atoms with van der Waals surface area (Å²) in [6.45, 7) is 2.72. The van der Waals surface area contributed by atoms with Crippen LogP contribution >= 0.6 is 0 Å². The number of hydrogen-bond acceptors (Lipinski definition) is 5. The highest BCUT2D eigenvalue weighted by molar-refractivity contribution is 5.87. The molecule has 3 fully saturated rings. The Bertz CT molecular complexity index is 957. The minimum absolute atomic E-state index is 0.0157. The first-order chi connectivity index (χ1) is 16.0. The van der Waals surface area contributed by atoms with Crippen LogP contribution in [0.15, 0.2) is 48.5 Å². The Morgan fingerprint density at radius 2 is 1.64 bits per heavy atom. The molecule has 2 saturated carbocycles. The van der Waals surface area contributed by atoms with Gasteiger partial charge in [-0.15, -0.1) is 0 Å². The molecule has 1 heterocycles. The first-order valence-corrected chi connectivity index (χ1v) is 12.1. The highest BCUT2D eigenvalue weighted by Crippen LogP contribution is 2.47. The highest BCUT2D eigenvalue weighted by atomic mass is 16.5. The molecule has 2 aromatic rings. The summed E-state index contributed by atoms with van der Waals surface area (Å²) in [5.41, 5.74) is 0.437. The number of ether oxygens (including phenoxy) is 2. The van der Waals surface area contributed by atoms with Gasteiger partial charge in [0.25, 0.3) is 5.91 Å². The van der Waals surface area contributed by atoms with E-state index in [9.17, 15) is 9.90 Å². The molecule has 4 atom stereocenters. The van der Waals surface area contributed by atoms with Crippen LogP contribution in [0.4, 0.5) is 0 Å². The van der Waals surface area contributed by atoms with Crippen molar-refractivity contribution in [2.24, 2.45) is 17.8 Å². The number of nitrogens with one attached hydrogen (secondary N) is 1. The van der Waals surface area contributed by atoms with Gasteiger partial charge in [0.05, 0.1) is 14.2 Å². The second-order valence-electron chi connectivity index (χ2n) is 9.86. The number of aliphatic hydroxyl groups is 1. The minimum Gasteiger partial charge on any atom is -0.497 e. The van der Waals surface area contributed by atoms with E-state index in [2.05, 4.69) is 10.2 Å². The van der Waals surface area contributed by atoms with Gasteiger partial charge < -0.3 is 19.9 Å². The summed E-state index contributed by atoms with van der Waals surface area (Å²) in [5.74, 6) is 2.26. The third-order valence-electron chi connectivity index (χ3n) is 7.89. The maximum absolute atomic E-state index is 13.4. The van der Waals surface area contributed by atoms with E-state index in [1.807, 2.05) is 48.5 Å². The maximum Gasteiger partial charge on any atom is 0.257 e. The van der Waals surface area contributed by atoms with Gasteiger partial charge in [-0.3, -0.25) is 9.69 Å². The van der Waals surface area contributed by atoms with Crippen molar-refractivity contribution in [1.82, 2.24) is 10.2 Å². The normalized spacial score (nSPS) is 26.5. The second kappa shape index (κ2) is 8.99. The molecule has 0 spiro atoms. The van der Waals surface area contributed by atoms with E-state index < -0.39 is 5.60 Å². The molecule has 2 aliphatic carbocycles. The first kappa shape index (κ1) is 22.2. The summed E-state index contributed by atoms with van der Waals surface area (Å²) in [5, 5.41) is 14.9. The summed E-state index contributed by atoms with van der Waals surface area (Å²) in [7, 11) is 3.33. The second-order valence-corrected chi connectivity index (χ2v) is 9.86. The molecule has 6 nitrogen and oxygen atoms in total. The molecule has 1 saturated heterocycles. The quantitative estimate of drug-likeness (QED) is 0.646. The van der Waals surface area contributed by atoms with Crippen LogP contribution in [0.3, 0.4) is 0 Å². The fourth-order valence-corrected chi connectivity index (χ4v) is 6.02. The third kappa shape index (κ3) is 4.22. The van der Waals surface area contributed by atoms with Crippen LogP contribution in [-0.2, 0) is 16.9 Å². The Labute approximate surface area is 195 Å². The predicted octanol–water partition coefficient (Wildman–Crippen LogP) is 3.33. The Morgan fingerprint density at radius 1 is 1.03 bits per heavy atom. The van der Waals surface area contributed by atoms with E-state index >= 15 is 0 Å². The number of benzene rings is 2. The van der Waals surface area contributed by atoms with Gasteiger partial charge in [-0.2, -0.15) is 0 Å². The highest BCUT2D eigenvalue weighted by Gasteiger charge is 2.58. The van der Waals surface area contributed by atoms with Crippen LogP contribution in [0, 0.1) is 17.8 Å². The Balaban J connectivity index is 1.22. The third-order valence-corrected chi connectivity index (χ3v) is 7.89. The van der Waals surface area contributed by atoms with Crippen LogP contribution in [0.1, 0.15) is 36.8 Å². The molecule has 3 aliphatic rings. The lowest BCUT2D eigenvalue weighted by Gasteiger charge is -2.33. The Morgan fingerprint density at radius 3 is 2.21 bits per heavy atom. The topological polar surface area (TPSA) is 71.0 Å². The molecule has 0 aromatic heterocycles. The monoisotopic (exact) mass is 450 g/mol. The number of fused-ring (bicyclic) bond motifs is 1. The molecule has 0 bridgehead atoms. The lowest BCUT2D eigenvalue weighted by molar-refractivity contribution is -0.147. The first-order valence-electron chi connectivity index (χ1n) is 12.1. The van der Waals surface area contributed by atoms with Crippen molar-refractivity contribution in [3.8, 4) is 11.5 Å². The van der Waals surface area contributed by atoms with Crippen molar-refractivity contribution in [3.05, 3.63) is 59.7 Å². The molecule has 5 rings (SSSR count). The number of piperidine rings is 1. The number of hydrogen-bond donors (Lipinski definition) is 2. The van der Waals surface area contributed by atoms with Crippen LogP contribution in [0.2, 0.25) is 0 Å². The number of carbonyl (C=O) groups is 1. The molecule has 1 amide bonds.